The summed E-state index contributed by atoms with van der Waals surface area (Å²) in [6, 6.07) is 3.91. The minimum absolute atomic E-state index is 0.113. The second-order valence-corrected chi connectivity index (χ2v) is 3.13. The van der Waals surface area contributed by atoms with E-state index in [1.807, 2.05) is 0 Å². The van der Waals surface area contributed by atoms with Gasteiger partial charge in [-0.25, -0.2) is 4.98 Å². The van der Waals surface area contributed by atoms with Crippen molar-refractivity contribution in [2.75, 3.05) is 0 Å². The molecule has 8 nitrogen and oxygen atoms in total. The number of nitrogens with zero attached hydrogens (tertiary/aromatic N) is 4. The smallest absolute Gasteiger partial charge is 0.300 e. The van der Waals surface area contributed by atoms with Gasteiger partial charge in [0.05, 0.1) is 16.2 Å². The van der Waals surface area contributed by atoms with Crippen LogP contribution in [0, 0.1) is 20.2 Å². The second-order valence-electron chi connectivity index (χ2n) is 3.13. The number of aromatic nitrogens is 2. The summed E-state index contributed by atoms with van der Waals surface area (Å²) in [5.41, 5.74) is -0.974. The lowest BCUT2D eigenvalue weighted by Gasteiger charge is -2.03. The molecule has 0 aliphatic rings. The third-order valence-corrected chi connectivity index (χ3v) is 2.16. The third kappa shape index (κ3) is 1.83. The van der Waals surface area contributed by atoms with Crippen LogP contribution in [0.5, 0.6) is 0 Å². The molecule has 0 aliphatic carbocycles. The Morgan fingerprint density at radius 3 is 2.47 bits per heavy atom. The molecule has 17 heavy (non-hydrogen) atoms. The Hall–Kier alpha value is -2.77. The molecule has 1 heterocycles. The van der Waals surface area contributed by atoms with Crippen LogP contribution in [0.15, 0.2) is 36.9 Å². The largest absolute Gasteiger partial charge is 0.369 e. The highest BCUT2D eigenvalue weighted by atomic mass is 16.6. The average Bonchev–Trinajstić information content (AvgIpc) is 2.81. The first kappa shape index (κ1) is 10.7. The van der Waals surface area contributed by atoms with Crippen molar-refractivity contribution in [3.05, 3.63) is 57.1 Å². The molecule has 0 aliphatic heterocycles. The minimum atomic E-state index is -0.779. The van der Waals surface area contributed by atoms with Gasteiger partial charge >= 0.3 is 11.4 Å². The first-order valence-electron chi connectivity index (χ1n) is 4.51. The summed E-state index contributed by atoms with van der Waals surface area (Å²) in [6.07, 6.45) is 4.25. The zero-order chi connectivity index (χ0) is 12.4. The third-order valence-electron chi connectivity index (χ3n) is 2.16. The zero-order valence-corrected chi connectivity index (χ0v) is 8.39. The molecule has 0 fully saturated rings. The molecule has 2 rings (SSSR count). The molecule has 0 saturated heterocycles. The number of benzene rings is 1. The van der Waals surface area contributed by atoms with Gasteiger partial charge in [0.15, 0.2) is 0 Å². The molecule has 0 bridgehead atoms. The summed E-state index contributed by atoms with van der Waals surface area (Å²) in [6.45, 7) is 0. The van der Waals surface area contributed by atoms with Crippen LogP contribution in [0.2, 0.25) is 0 Å². The topological polar surface area (TPSA) is 104 Å². The van der Waals surface area contributed by atoms with Crippen molar-refractivity contribution in [2.45, 2.75) is 0 Å². The molecule has 0 saturated carbocycles. The summed E-state index contributed by atoms with van der Waals surface area (Å²) < 4.78 is 1.35. The van der Waals surface area contributed by atoms with Crippen molar-refractivity contribution >= 4 is 11.4 Å². The maximum absolute atomic E-state index is 10.9. The van der Waals surface area contributed by atoms with Crippen LogP contribution in [0.4, 0.5) is 11.4 Å². The molecule has 2 aromatic rings. The van der Waals surface area contributed by atoms with Gasteiger partial charge in [0.1, 0.15) is 5.69 Å². The minimum Gasteiger partial charge on any atom is -0.300 e. The average molecular weight is 234 g/mol. The Morgan fingerprint density at radius 1 is 1.18 bits per heavy atom. The van der Waals surface area contributed by atoms with E-state index in [9.17, 15) is 20.2 Å². The normalized spacial score (nSPS) is 10.1. The highest BCUT2D eigenvalue weighted by Gasteiger charge is 2.28. The first-order chi connectivity index (χ1) is 8.11. The zero-order valence-electron chi connectivity index (χ0n) is 8.39. The van der Waals surface area contributed by atoms with Crippen LogP contribution in [-0.2, 0) is 0 Å². The van der Waals surface area contributed by atoms with E-state index >= 15 is 0 Å². The van der Waals surface area contributed by atoms with Crippen LogP contribution in [0.1, 0.15) is 0 Å². The number of nitro benzene ring substituents is 2. The van der Waals surface area contributed by atoms with Crippen LogP contribution in [-0.4, -0.2) is 19.4 Å². The highest BCUT2D eigenvalue weighted by molar-refractivity contribution is 5.65. The summed E-state index contributed by atoms with van der Waals surface area (Å²) in [4.78, 5) is 23.8. The summed E-state index contributed by atoms with van der Waals surface area (Å²) in [5, 5.41) is 21.6. The fourth-order valence-corrected chi connectivity index (χ4v) is 1.46. The van der Waals surface area contributed by atoms with Crippen LogP contribution < -0.4 is 0 Å². The number of para-hydroxylation sites is 1. The van der Waals surface area contributed by atoms with Crippen molar-refractivity contribution < 1.29 is 9.85 Å². The lowest BCUT2D eigenvalue weighted by molar-refractivity contribution is -0.422. The molecule has 0 radical (unpaired) electrons. The van der Waals surface area contributed by atoms with Crippen molar-refractivity contribution in [2.24, 2.45) is 0 Å². The molecular formula is C9H6N4O4. The fourth-order valence-electron chi connectivity index (χ4n) is 1.46. The fraction of sp³-hybridized carbons (Fsp3) is 0. The SMILES string of the molecule is O=[N+]([O-])c1cccc(-n2ccnc2)c1[N+](=O)[O-]. The number of nitro groups is 2. The Balaban J connectivity index is 2.72. The standard InChI is InChI=1S/C9H6N4O4/c14-12(15)8-3-1-2-7(9(8)13(16)17)11-5-4-10-6-11/h1-6H. The van der Waals surface area contributed by atoms with Crippen molar-refractivity contribution in [3.63, 3.8) is 0 Å². The maximum atomic E-state index is 10.9. The van der Waals surface area contributed by atoms with E-state index in [4.69, 9.17) is 0 Å². The molecule has 0 spiro atoms. The summed E-state index contributed by atoms with van der Waals surface area (Å²) >= 11 is 0. The molecule has 0 unspecified atom stereocenters. The van der Waals surface area contributed by atoms with Gasteiger partial charge in [-0.05, 0) is 6.07 Å². The van der Waals surface area contributed by atoms with E-state index in [0.717, 1.165) is 6.07 Å². The van der Waals surface area contributed by atoms with Gasteiger partial charge in [-0.2, -0.15) is 0 Å². The Bertz CT molecular complexity index is 579. The Kier molecular flexibility index (Phi) is 2.53. The van der Waals surface area contributed by atoms with Crippen molar-refractivity contribution in [1.29, 1.82) is 0 Å². The maximum Gasteiger partial charge on any atom is 0.369 e. The highest BCUT2D eigenvalue weighted by Crippen LogP contribution is 2.32. The summed E-state index contributed by atoms with van der Waals surface area (Å²) in [5.74, 6) is 0. The van der Waals surface area contributed by atoms with E-state index in [0.29, 0.717) is 0 Å². The Morgan fingerprint density at radius 2 is 1.94 bits per heavy atom. The lowest BCUT2D eigenvalue weighted by Crippen LogP contribution is -2.02. The monoisotopic (exact) mass is 234 g/mol. The van der Waals surface area contributed by atoms with Gasteiger partial charge in [0, 0.05) is 18.5 Å². The molecule has 86 valence electrons. The lowest BCUT2D eigenvalue weighted by atomic mass is 10.2. The van der Waals surface area contributed by atoms with Crippen molar-refractivity contribution in [1.82, 2.24) is 9.55 Å². The van der Waals surface area contributed by atoms with E-state index in [1.54, 1.807) is 0 Å². The van der Waals surface area contributed by atoms with Crippen LogP contribution in [0.3, 0.4) is 0 Å². The van der Waals surface area contributed by atoms with E-state index < -0.39 is 21.2 Å². The first-order valence-corrected chi connectivity index (χ1v) is 4.51. The van der Waals surface area contributed by atoms with Crippen molar-refractivity contribution in [3.8, 4) is 5.69 Å². The summed E-state index contributed by atoms with van der Waals surface area (Å²) in [7, 11) is 0. The predicted octanol–water partition coefficient (Wildman–Crippen LogP) is 1.69. The molecule has 1 aromatic carbocycles. The predicted molar refractivity (Wildman–Crippen MR) is 56.9 cm³/mol. The number of hydrogen-bond donors (Lipinski definition) is 0. The number of imidazole rings is 1. The molecule has 0 atom stereocenters. The van der Waals surface area contributed by atoms with Gasteiger partial charge in [0.25, 0.3) is 0 Å². The van der Waals surface area contributed by atoms with E-state index in [1.165, 1.54) is 35.4 Å². The number of hydrogen-bond acceptors (Lipinski definition) is 5. The van der Waals surface area contributed by atoms with Gasteiger partial charge in [0.2, 0.25) is 0 Å². The molecule has 0 N–H and O–H groups in total. The molecular weight excluding hydrogens is 228 g/mol. The van der Waals surface area contributed by atoms with Crippen LogP contribution >= 0.6 is 0 Å². The van der Waals surface area contributed by atoms with Crippen LogP contribution in [0.25, 0.3) is 5.69 Å². The molecule has 8 heteroatoms. The molecule has 0 amide bonds. The molecule has 1 aromatic heterocycles. The van der Waals surface area contributed by atoms with Gasteiger partial charge < -0.3 is 0 Å². The number of rotatable bonds is 3. The van der Waals surface area contributed by atoms with Gasteiger partial charge in [-0.3, -0.25) is 24.8 Å². The quantitative estimate of drug-likeness (QED) is 0.593. The van der Waals surface area contributed by atoms with Gasteiger partial charge in [-0.1, -0.05) is 6.07 Å². The van der Waals surface area contributed by atoms with Gasteiger partial charge in [-0.15, -0.1) is 0 Å². The Labute approximate surface area is 94.4 Å². The second kappa shape index (κ2) is 4.00. The van der Waals surface area contributed by atoms with E-state index in [-0.39, 0.29) is 5.69 Å². The van der Waals surface area contributed by atoms with E-state index in [2.05, 4.69) is 4.98 Å².